The van der Waals surface area contributed by atoms with E-state index in [4.69, 9.17) is 16.1 Å². The van der Waals surface area contributed by atoms with Gasteiger partial charge in [0.2, 0.25) is 0 Å². The largest absolute Gasteiger partial charge is 0.368 e. The minimum absolute atomic E-state index is 0.519. The maximum Gasteiger partial charge on any atom is 0.257 e. The van der Waals surface area contributed by atoms with Crippen molar-refractivity contribution in [3.05, 3.63) is 53.2 Å². The van der Waals surface area contributed by atoms with Crippen LogP contribution in [-0.4, -0.2) is 26.7 Å². The van der Waals surface area contributed by atoms with Crippen LogP contribution in [0.2, 0.25) is 5.02 Å². The van der Waals surface area contributed by atoms with E-state index in [2.05, 4.69) is 37.6 Å². The van der Waals surface area contributed by atoms with Gasteiger partial charge in [0.15, 0.2) is 5.82 Å². The van der Waals surface area contributed by atoms with Crippen molar-refractivity contribution in [2.45, 2.75) is 19.8 Å². The molecule has 0 aliphatic heterocycles. The average Bonchev–Trinajstić information content (AvgIpc) is 3.06. The summed E-state index contributed by atoms with van der Waals surface area (Å²) in [5.41, 5.74) is 2.12. The van der Waals surface area contributed by atoms with Gasteiger partial charge in [0, 0.05) is 18.5 Å². The summed E-state index contributed by atoms with van der Waals surface area (Å²) in [6.45, 7) is 2.73. The van der Waals surface area contributed by atoms with E-state index in [-0.39, 0.29) is 0 Å². The maximum atomic E-state index is 6.00. The predicted octanol–water partition coefficient (Wildman–Crippen LogP) is 3.40. The van der Waals surface area contributed by atoms with Crippen LogP contribution >= 0.6 is 11.6 Å². The number of halogens is 1. The van der Waals surface area contributed by atoms with E-state index in [1.165, 1.54) is 11.9 Å². The molecular formula is C16H16ClN5O. The molecule has 1 N–H and O–H groups in total. The molecule has 3 rings (SSSR count). The van der Waals surface area contributed by atoms with Crippen molar-refractivity contribution in [3.8, 4) is 11.5 Å². The van der Waals surface area contributed by atoms with Gasteiger partial charge in [-0.05, 0) is 24.1 Å². The third-order valence-corrected chi connectivity index (χ3v) is 3.64. The van der Waals surface area contributed by atoms with Crippen LogP contribution in [-0.2, 0) is 12.8 Å². The normalized spacial score (nSPS) is 10.7. The van der Waals surface area contributed by atoms with Gasteiger partial charge in [-0.1, -0.05) is 35.8 Å². The third kappa shape index (κ3) is 3.84. The van der Waals surface area contributed by atoms with Gasteiger partial charge < -0.3 is 9.84 Å². The first kappa shape index (κ1) is 15.4. The van der Waals surface area contributed by atoms with E-state index in [1.54, 1.807) is 6.20 Å². The fraction of sp³-hybridized carbons (Fsp3) is 0.250. The summed E-state index contributed by atoms with van der Waals surface area (Å²) in [6, 6.07) is 8.07. The molecule has 7 heteroatoms. The van der Waals surface area contributed by atoms with Gasteiger partial charge in [0.1, 0.15) is 17.2 Å². The van der Waals surface area contributed by atoms with E-state index in [9.17, 15) is 0 Å². The molecule has 3 aromatic rings. The van der Waals surface area contributed by atoms with E-state index in [1.807, 2.05) is 19.1 Å². The molecule has 0 bridgehead atoms. The molecule has 23 heavy (non-hydrogen) atoms. The van der Waals surface area contributed by atoms with Crippen LogP contribution < -0.4 is 5.32 Å². The van der Waals surface area contributed by atoms with Crippen LogP contribution in [0.3, 0.4) is 0 Å². The second-order valence-electron chi connectivity index (χ2n) is 4.96. The molecule has 0 aliphatic carbocycles. The fourth-order valence-corrected chi connectivity index (χ4v) is 2.27. The molecular weight excluding hydrogens is 314 g/mol. The highest BCUT2D eigenvalue weighted by atomic mass is 35.5. The van der Waals surface area contributed by atoms with Crippen LogP contribution in [0.25, 0.3) is 11.5 Å². The topological polar surface area (TPSA) is 76.7 Å². The Morgan fingerprint density at radius 1 is 1.22 bits per heavy atom. The Morgan fingerprint density at radius 2 is 2.04 bits per heavy atom. The molecule has 0 amide bonds. The minimum Gasteiger partial charge on any atom is -0.368 e. The van der Waals surface area contributed by atoms with E-state index in [0.29, 0.717) is 16.7 Å². The fourth-order valence-electron chi connectivity index (χ4n) is 2.10. The lowest BCUT2D eigenvalue weighted by molar-refractivity contribution is 0.423. The molecule has 2 heterocycles. The molecule has 118 valence electrons. The Hall–Kier alpha value is -2.47. The zero-order valence-corrected chi connectivity index (χ0v) is 13.4. The van der Waals surface area contributed by atoms with E-state index in [0.717, 1.165) is 30.8 Å². The number of rotatable bonds is 6. The van der Waals surface area contributed by atoms with Gasteiger partial charge in [-0.2, -0.15) is 4.98 Å². The van der Waals surface area contributed by atoms with Crippen molar-refractivity contribution in [2.24, 2.45) is 0 Å². The molecule has 6 nitrogen and oxygen atoms in total. The summed E-state index contributed by atoms with van der Waals surface area (Å²) in [5, 5.41) is 7.62. The smallest absolute Gasteiger partial charge is 0.257 e. The summed E-state index contributed by atoms with van der Waals surface area (Å²) in [6.07, 6.45) is 4.65. The Balaban J connectivity index is 1.58. The summed E-state index contributed by atoms with van der Waals surface area (Å²) >= 11 is 6.00. The average molecular weight is 330 g/mol. The first-order valence-electron chi connectivity index (χ1n) is 7.37. The quantitative estimate of drug-likeness (QED) is 0.747. The number of hydrogen-bond donors (Lipinski definition) is 1. The monoisotopic (exact) mass is 329 g/mol. The molecule has 2 aromatic heterocycles. The highest BCUT2D eigenvalue weighted by Gasteiger charge is 2.07. The van der Waals surface area contributed by atoms with Gasteiger partial charge in [-0.15, -0.1) is 0 Å². The van der Waals surface area contributed by atoms with Gasteiger partial charge in [-0.25, -0.2) is 9.97 Å². The highest BCUT2D eigenvalue weighted by molar-refractivity contribution is 6.32. The van der Waals surface area contributed by atoms with E-state index < -0.39 is 0 Å². The molecule has 0 saturated carbocycles. The van der Waals surface area contributed by atoms with Crippen LogP contribution in [0.1, 0.15) is 18.3 Å². The first-order chi connectivity index (χ1) is 11.3. The van der Waals surface area contributed by atoms with Gasteiger partial charge >= 0.3 is 0 Å². The van der Waals surface area contributed by atoms with Gasteiger partial charge in [0.25, 0.3) is 5.89 Å². The molecule has 1 aromatic carbocycles. The Morgan fingerprint density at radius 3 is 2.74 bits per heavy atom. The Labute approximate surface area is 138 Å². The van der Waals surface area contributed by atoms with Crippen LogP contribution in [0.15, 0.2) is 41.3 Å². The predicted molar refractivity (Wildman–Crippen MR) is 88.3 cm³/mol. The number of nitrogens with zero attached hydrogens (tertiary/aromatic N) is 4. The first-order valence-corrected chi connectivity index (χ1v) is 7.75. The second kappa shape index (κ2) is 7.19. The number of aromatic nitrogens is 4. The summed E-state index contributed by atoms with van der Waals surface area (Å²) in [4.78, 5) is 12.3. The lowest BCUT2D eigenvalue weighted by Gasteiger charge is -2.06. The molecule has 0 saturated heterocycles. The Bertz CT molecular complexity index is 772. The van der Waals surface area contributed by atoms with Crippen molar-refractivity contribution >= 4 is 17.4 Å². The molecule has 0 fully saturated rings. The zero-order valence-electron chi connectivity index (χ0n) is 12.7. The standard InChI is InChI=1S/C16H16ClN5O/c1-2-14-21-16(23-22-14)12-5-3-11(4-6-12)7-8-19-15-13(17)9-18-10-20-15/h3-6,9-10H,2,7-8H2,1H3,(H,18,19,20). The lowest BCUT2D eigenvalue weighted by Crippen LogP contribution is -2.06. The van der Waals surface area contributed by atoms with Crippen molar-refractivity contribution in [2.75, 3.05) is 11.9 Å². The van der Waals surface area contributed by atoms with Crippen molar-refractivity contribution in [1.82, 2.24) is 20.1 Å². The van der Waals surface area contributed by atoms with E-state index >= 15 is 0 Å². The number of aryl methyl sites for hydroxylation is 1. The summed E-state index contributed by atoms with van der Waals surface area (Å²) in [5.74, 6) is 1.92. The maximum absolute atomic E-state index is 6.00. The second-order valence-corrected chi connectivity index (χ2v) is 5.37. The summed E-state index contributed by atoms with van der Waals surface area (Å²) < 4.78 is 5.23. The SMILES string of the molecule is CCc1noc(-c2ccc(CCNc3ncncc3Cl)cc2)n1. The molecule has 0 radical (unpaired) electrons. The third-order valence-electron chi connectivity index (χ3n) is 3.36. The minimum atomic E-state index is 0.519. The molecule has 0 atom stereocenters. The van der Waals surface area contributed by atoms with Crippen LogP contribution in [0, 0.1) is 0 Å². The van der Waals surface area contributed by atoms with Gasteiger partial charge in [-0.3, -0.25) is 0 Å². The van der Waals surface area contributed by atoms with Crippen LogP contribution in [0.5, 0.6) is 0 Å². The summed E-state index contributed by atoms with van der Waals surface area (Å²) in [7, 11) is 0. The van der Waals surface area contributed by atoms with Crippen molar-refractivity contribution in [1.29, 1.82) is 0 Å². The van der Waals surface area contributed by atoms with Gasteiger partial charge in [0.05, 0.1) is 6.20 Å². The Kier molecular flexibility index (Phi) is 4.83. The number of anilines is 1. The molecule has 0 spiro atoms. The van der Waals surface area contributed by atoms with Crippen molar-refractivity contribution < 1.29 is 4.52 Å². The lowest BCUT2D eigenvalue weighted by atomic mass is 10.1. The number of hydrogen-bond acceptors (Lipinski definition) is 6. The number of benzene rings is 1. The molecule has 0 aliphatic rings. The molecule has 0 unspecified atom stereocenters. The van der Waals surface area contributed by atoms with Crippen molar-refractivity contribution in [3.63, 3.8) is 0 Å². The van der Waals surface area contributed by atoms with Crippen LogP contribution in [0.4, 0.5) is 5.82 Å². The highest BCUT2D eigenvalue weighted by Crippen LogP contribution is 2.19. The zero-order chi connectivity index (χ0) is 16.1. The number of nitrogens with one attached hydrogen (secondary N) is 1.